The lowest BCUT2D eigenvalue weighted by Gasteiger charge is -2.35. The monoisotopic (exact) mass is 253 g/mol. The number of aryl methyl sites for hydroxylation is 1. The molecule has 4 heteroatoms. The Labute approximate surface area is 108 Å². The van der Waals surface area contributed by atoms with Crippen molar-refractivity contribution >= 4 is 16.5 Å². The van der Waals surface area contributed by atoms with E-state index in [0.717, 1.165) is 31.3 Å². The third-order valence-corrected chi connectivity index (χ3v) is 5.07. The number of nitrogens with zero attached hydrogens (tertiary/aromatic N) is 2. The minimum absolute atomic E-state index is 0.626. The van der Waals surface area contributed by atoms with E-state index in [1.165, 1.54) is 22.1 Å². The van der Waals surface area contributed by atoms with Crippen LogP contribution < -0.4 is 10.6 Å². The molecule has 2 rings (SSSR count). The number of hydrogen-bond donors (Lipinski definition) is 1. The van der Waals surface area contributed by atoms with Crippen molar-refractivity contribution in [1.29, 1.82) is 0 Å². The predicted molar refractivity (Wildman–Crippen MR) is 74.5 cm³/mol. The van der Waals surface area contributed by atoms with Crippen molar-refractivity contribution in [3.8, 4) is 0 Å². The van der Waals surface area contributed by atoms with E-state index in [9.17, 15) is 0 Å². The van der Waals surface area contributed by atoms with E-state index in [0.29, 0.717) is 6.54 Å². The van der Waals surface area contributed by atoms with Crippen LogP contribution in [0.4, 0.5) is 5.13 Å². The second-order valence-corrected chi connectivity index (χ2v) is 6.18. The van der Waals surface area contributed by atoms with Crippen LogP contribution >= 0.6 is 11.3 Å². The molecule has 1 aliphatic rings. The Morgan fingerprint density at radius 2 is 2.18 bits per heavy atom. The molecule has 2 heterocycles. The van der Waals surface area contributed by atoms with Crippen LogP contribution in [0.3, 0.4) is 0 Å². The first kappa shape index (κ1) is 12.8. The van der Waals surface area contributed by atoms with Gasteiger partial charge in [0.15, 0.2) is 5.13 Å². The van der Waals surface area contributed by atoms with Gasteiger partial charge in [-0.05, 0) is 24.7 Å². The summed E-state index contributed by atoms with van der Waals surface area (Å²) in [5.41, 5.74) is 6.96. The standard InChI is InChI=1S/C13H23N3S/c1-4-11-12(7-14)17-13(15-11)16-6-5-9(2)10(3)8-16/h9-10H,4-8,14H2,1-3H3. The molecule has 1 aromatic heterocycles. The summed E-state index contributed by atoms with van der Waals surface area (Å²) in [6.07, 6.45) is 2.27. The quantitative estimate of drug-likeness (QED) is 0.900. The fourth-order valence-corrected chi connectivity index (χ4v) is 3.44. The van der Waals surface area contributed by atoms with Gasteiger partial charge in [-0.3, -0.25) is 0 Å². The zero-order chi connectivity index (χ0) is 12.4. The lowest BCUT2D eigenvalue weighted by Crippen LogP contribution is -2.38. The first-order valence-electron chi connectivity index (χ1n) is 6.59. The molecule has 3 nitrogen and oxygen atoms in total. The third kappa shape index (κ3) is 2.63. The van der Waals surface area contributed by atoms with Crippen LogP contribution in [0.1, 0.15) is 37.8 Å². The molecule has 2 N–H and O–H groups in total. The lowest BCUT2D eigenvalue weighted by molar-refractivity contribution is 0.323. The van der Waals surface area contributed by atoms with Gasteiger partial charge in [-0.15, -0.1) is 11.3 Å². The van der Waals surface area contributed by atoms with Crippen molar-refractivity contribution in [1.82, 2.24) is 4.98 Å². The molecular weight excluding hydrogens is 230 g/mol. The van der Waals surface area contributed by atoms with E-state index in [1.54, 1.807) is 11.3 Å². The molecule has 0 saturated carbocycles. The summed E-state index contributed by atoms with van der Waals surface area (Å²) in [6, 6.07) is 0. The number of thiazole rings is 1. The highest BCUT2D eigenvalue weighted by atomic mass is 32.1. The summed E-state index contributed by atoms with van der Waals surface area (Å²) >= 11 is 1.78. The average molecular weight is 253 g/mol. The number of anilines is 1. The van der Waals surface area contributed by atoms with Gasteiger partial charge < -0.3 is 10.6 Å². The highest BCUT2D eigenvalue weighted by molar-refractivity contribution is 7.15. The van der Waals surface area contributed by atoms with Crippen LogP contribution in [-0.2, 0) is 13.0 Å². The Hall–Kier alpha value is -0.610. The van der Waals surface area contributed by atoms with Gasteiger partial charge >= 0.3 is 0 Å². The van der Waals surface area contributed by atoms with Gasteiger partial charge in [-0.2, -0.15) is 0 Å². The SMILES string of the molecule is CCc1nc(N2CCC(C)C(C)C2)sc1CN. The summed E-state index contributed by atoms with van der Waals surface area (Å²) < 4.78 is 0. The van der Waals surface area contributed by atoms with E-state index in [1.807, 2.05) is 0 Å². The first-order valence-corrected chi connectivity index (χ1v) is 7.41. The molecule has 0 aromatic carbocycles. The van der Waals surface area contributed by atoms with Crippen LogP contribution in [-0.4, -0.2) is 18.1 Å². The van der Waals surface area contributed by atoms with Gasteiger partial charge in [0.25, 0.3) is 0 Å². The molecule has 17 heavy (non-hydrogen) atoms. The van der Waals surface area contributed by atoms with Crippen LogP contribution in [0.5, 0.6) is 0 Å². The van der Waals surface area contributed by atoms with Crippen molar-refractivity contribution in [2.24, 2.45) is 17.6 Å². The summed E-state index contributed by atoms with van der Waals surface area (Å²) in [6.45, 7) is 9.76. The maximum absolute atomic E-state index is 5.77. The van der Waals surface area contributed by atoms with Crippen molar-refractivity contribution in [2.75, 3.05) is 18.0 Å². The van der Waals surface area contributed by atoms with Gasteiger partial charge in [-0.25, -0.2) is 4.98 Å². The molecule has 0 aliphatic carbocycles. The van der Waals surface area contributed by atoms with Gasteiger partial charge in [-0.1, -0.05) is 20.8 Å². The number of piperidine rings is 1. The topological polar surface area (TPSA) is 42.2 Å². The minimum atomic E-state index is 0.626. The van der Waals surface area contributed by atoms with Crippen molar-refractivity contribution < 1.29 is 0 Å². The Morgan fingerprint density at radius 1 is 1.41 bits per heavy atom. The summed E-state index contributed by atoms with van der Waals surface area (Å²) in [5.74, 6) is 1.60. The summed E-state index contributed by atoms with van der Waals surface area (Å²) in [5, 5.41) is 1.18. The molecule has 1 aromatic rings. The molecule has 1 saturated heterocycles. The van der Waals surface area contributed by atoms with Crippen molar-refractivity contribution in [3.05, 3.63) is 10.6 Å². The van der Waals surface area contributed by atoms with Crippen LogP contribution in [0.25, 0.3) is 0 Å². The van der Waals surface area contributed by atoms with E-state index < -0.39 is 0 Å². The van der Waals surface area contributed by atoms with Crippen molar-refractivity contribution in [2.45, 2.75) is 40.2 Å². The predicted octanol–water partition coefficient (Wildman–Crippen LogP) is 2.65. The van der Waals surface area contributed by atoms with Crippen LogP contribution in [0.15, 0.2) is 0 Å². The molecule has 2 unspecified atom stereocenters. The summed E-state index contributed by atoms with van der Waals surface area (Å²) in [4.78, 5) is 8.44. The molecular formula is C13H23N3S. The Kier molecular flexibility index (Phi) is 4.05. The zero-order valence-electron chi connectivity index (χ0n) is 11.1. The molecule has 0 spiro atoms. The molecule has 0 bridgehead atoms. The molecule has 1 fully saturated rings. The zero-order valence-corrected chi connectivity index (χ0v) is 11.9. The third-order valence-electron chi connectivity index (χ3n) is 3.89. The molecule has 0 radical (unpaired) electrons. The maximum atomic E-state index is 5.77. The minimum Gasteiger partial charge on any atom is -0.348 e. The molecule has 96 valence electrons. The second kappa shape index (κ2) is 5.36. The Morgan fingerprint density at radius 3 is 2.71 bits per heavy atom. The Bertz CT molecular complexity index is 353. The van der Waals surface area contributed by atoms with Gasteiger partial charge in [0.1, 0.15) is 0 Å². The Balaban J connectivity index is 2.14. The van der Waals surface area contributed by atoms with Crippen LogP contribution in [0.2, 0.25) is 0 Å². The van der Waals surface area contributed by atoms with Gasteiger partial charge in [0.05, 0.1) is 5.69 Å². The number of hydrogen-bond acceptors (Lipinski definition) is 4. The summed E-state index contributed by atoms with van der Waals surface area (Å²) in [7, 11) is 0. The largest absolute Gasteiger partial charge is 0.348 e. The molecule has 0 amide bonds. The van der Waals surface area contributed by atoms with E-state index in [-0.39, 0.29) is 0 Å². The number of aromatic nitrogens is 1. The molecule has 1 aliphatic heterocycles. The second-order valence-electron chi connectivity index (χ2n) is 5.11. The van der Waals surface area contributed by atoms with E-state index >= 15 is 0 Å². The lowest BCUT2D eigenvalue weighted by atomic mass is 9.89. The fourth-order valence-electron chi connectivity index (χ4n) is 2.38. The highest BCUT2D eigenvalue weighted by Crippen LogP contribution is 2.31. The fraction of sp³-hybridized carbons (Fsp3) is 0.769. The highest BCUT2D eigenvalue weighted by Gasteiger charge is 2.25. The normalized spacial score (nSPS) is 25.3. The van der Waals surface area contributed by atoms with Crippen molar-refractivity contribution in [3.63, 3.8) is 0 Å². The van der Waals surface area contributed by atoms with Gasteiger partial charge in [0, 0.05) is 24.5 Å². The van der Waals surface area contributed by atoms with E-state index in [4.69, 9.17) is 10.7 Å². The van der Waals surface area contributed by atoms with Crippen LogP contribution in [0, 0.1) is 11.8 Å². The first-order chi connectivity index (χ1) is 8.15. The smallest absolute Gasteiger partial charge is 0.185 e. The maximum Gasteiger partial charge on any atom is 0.185 e. The number of rotatable bonds is 3. The van der Waals surface area contributed by atoms with Gasteiger partial charge in [0.2, 0.25) is 0 Å². The van der Waals surface area contributed by atoms with E-state index in [2.05, 4.69) is 25.7 Å². The average Bonchev–Trinajstić information content (AvgIpc) is 2.75. The number of nitrogens with two attached hydrogens (primary N) is 1. The molecule has 2 atom stereocenters.